The van der Waals surface area contributed by atoms with Crippen LogP contribution in [0.4, 0.5) is 0 Å². The number of rotatable bonds is 6. The fourth-order valence-corrected chi connectivity index (χ4v) is 3.25. The molecule has 3 rings (SSSR count). The highest BCUT2D eigenvalue weighted by Gasteiger charge is 2.17. The Bertz CT molecular complexity index is 971. The number of aryl methyl sites for hydroxylation is 1. The van der Waals surface area contributed by atoms with Gasteiger partial charge in [0.25, 0.3) is 0 Å². The van der Waals surface area contributed by atoms with E-state index >= 15 is 0 Å². The predicted molar refractivity (Wildman–Crippen MR) is 89.3 cm³/mol. The van der Waals surface area contributed by atoms with Gasteiger partial charge in [0.15, 0.2) is 0 Å². The van der Waals surface area contributed by atoms with E-state index in [9.17, 15) is 8.42 Å². The highest BCUT2D eigenvalue weighted by molar-refractivity contribution is 7.89. The quantitative estimate of drug-likeness (QED) is 0.715. The van der Waals surface area contributed by atoms with Gasteiger partial charge in [-0.3, -0.25) is 4.98 Å². The minimum atomic E-state index is -3.71. The van der Waals surface area contributed by atoms with Crippen molar-refractivity contribution in [2.24, 2.45) is 0 Å². The van der Waals surface area contributed by atoms with Crippen LogP contribution in [0.2, 0.25) is 0 Å². The first kappa shape index (κ1) is 17.1. The monoisotopic (exact) mass is 360 g/mol. The Morgan fingerprint density at radius 1 is 1.24 bits per heavy atom. The third-order valence-electron chi connectivity index (χ3n) is 3.47. The molecule has 0 aliphatic heterocycles. The van der Waals surface area contributed by atoms with Crippen LogP contribution >= 0.6 is 0 Å². The van der Waals surface area contributed by atoms with E-state index in [-0.39, 0.29) is 23.2 Å². The van der Waals surface area contributed by atoms with Gasteiger partial charge in [-0.1, -0.05) is 0 Å². The number of nitrogens with one attached hydrogen (secondary N) is 1. The molecule has 0 fully saturated rings. The number of sulfonamides is 1. The predicted octanol–water partition coefficient (Wildman–Crippen LogP) is 1.93. The lowest BCUT2D eigenvalue weighted by Gasteiger charge is -2.08. The van der Waals surface area contributed by atoms with Crippen molar-refractivity contribution in [1.82, 2.24) is 19.9 Å². The van der Waals surface area contributed by atoms with Gasteiger partial charge in [-0.2, -0.15) is 0 Å². The fraction of sp³-hybridized carbons (Fsp3) is 0.188. The lowest BCUT2D eigenvalue weighted by molar-refractivity contribution is 0.411. The third kappa shape index (κ3) is 3.83. The van der Waals surface area contributed by atoms with Crippen LogP contribution in [0.1, 0.15) is 11.5 Å². The highest BCUT2D eigenvalue weighted by Crippen LogP contribution is 2.21. The minimum absolute atomic E-state index is 0.110. The number of pyridine rings is 1. The van der Waals surface area contributed by atoms with Crippen LogP contribution in [0.25, 0.3) is 11.5 Å². The molecular weight excluding hydrogens is 344 g/mol. The second-order valence-corrected chi connectivity index (χ2v) is 6.97. The summed E-state index contributed by atoms with van der Waals surface area (Å²) in [5.74, 6) is 1.06. The molecule has 0 saturated heterocycles. The number of hydrogen-bond donors (Lipinski definition) is 1. The normalized spacial score (nSPS) is 11.4. The molecule has 0 aliphatic rings. The van der Waals surface area contributed by atoms with Gasteiger partial charge in [0.05, 0.1) is 24.1 Å². The summed E-state index contributed by atoms with van der Waals surface area (Å²) in [6, 6.07) is 8.14. The average Bonchev–Trinajstić information content (AvgIpc) is 3.10. The lowest BCUT2D eigenvalue weighted by atomic mass is 10.2. The molecule has 2 aromatic heterocycles. The zero-order valence-electron chi connectivity index (χ0n) is 13.6. The maximum absolute atomic E-state index is 12.4. The van der Waals surface area contributed by atoms with Gasteiger partial charge in [-0.05, 0) is 42.8 Å². The maximum Gasteiger partial charge on any atom is 0.249 e. The molecule has 2 heterocycles. The Labute approximate surface area is 144 Å². The van der Waals surface area contributed by atoms with Gasteiger partial charge in [-0.15, -0.1) is 10.2 Å². The average molecular weight is 360 g/mol. The molecule has 0 spiro atoms. The van der Waals surface area contributed by atoms with Crippen LogP contribution in [-0.4, -0.2) is 30.7 Å². The van der Waals surface area contributed by atoms with E-state index < -0.39 is 10.0 Å². The highest BCUT2D eigenvalue weighted by atomic mass is 32.2. The Hall–Kier alpha value is -2.78. The Morgan fingerprint density at radius 2 is 2.08 bits per heavy atom. The van der Waals surface area contributed by atoms with Gasteiger partial charge >= 0.3 is 0 Å². The molecule has 0 aliphatic carbocycles. The standard InChI is InChI=1S/C16H16N4O4S/c1-11-8-13(5-6-14(11)23-2)25(21,22)18-10-15-19-20-16(24-15)12-4-3-7-17-9-12/h3-9,18H,10H2,1-2H3. The van der Waals surface area contributed by atoms with Crippen molar-refractivity contribution in [1.29, 1.82) is 0 Å². The van der Waals surface area contributed by atoms with Gasteiger partial charge in [-0.25, -0.2) is 13.1 Å². The second-order valence-electron chi connectivity index (χ2n) is 5.20. The maximum atomic E-state index is 12.4. The van der Waals surface area contributed by atoms with E-state index in [0.29, 0.717) is 11.3 Å². The summed E-state index contributed by atoms with van der Waals surface area (Å²) in [6.45, 7) is 1.66. The summed E-state index contributed by atoms with van der Waals surface area (Å²) in [4.78, 5) is 4.10. The van der Waals surface area contributed by atoms with Crippen molar-refractivity contribution in [2.75, 3.05) is 7.11 Å². The summed E-state index contributed by atoms with van der Waals surface area (Å²) in [7, 11) is -2.18. The van der Waals surface area contributed by atoms with E-state index in [0.717, 1.165) is 5.56 Å². The number of hydrogen-bond acceptors (Lipinski definition) is 7. The molecule has 130 valence electrons. The summed E-state index contributed by atoms with van der Waals surface area (Å²) in [6.07, 6.45) is 3.22. The molecule has 0 unspecified atom stereocenters. The van der Waals surface area contributed by atoms with E-state index in [4.69, 9.17) is 9.15 Å². The van der Waals surface area contributed by atoms with Crippen molar-refractivity contribution in [3.05, 3.63) is 54.2 Å². The Kier molecular flexibility index (Phi) is 4.77. The molecule has 9 heteroatoms. The van der Waals surface area contributed by atoms with Crippen molar-refractivity contribution in [3.63, 3.8) is 0 Å². The molecule has 0 atom stereocenters. The molecule has 1 aromatic carbocycles. The molecule has 3 aromatic rings. The van der Waals surface area contributed by atoms with Crippen LogP contribution < -0.4 is 9.46 Å². The van der Waals surface area contributed by atoms with Gasteiger partial charge in [0.2, 0.25) is 21.8 Å². The van der Waals surface area contributed by atoms with Gasteiger partial charge in [0.1, 0.15) is 5.75 Å². The topological polar surface area (TPSA) is 107 Å². The first-order valence-electron chi connectivity index (χ1n) is 7.36. The molecule has 8 nitrogen and oxygen atoms in total. The van der Waals surface area contributed by atoms with Crippen molar-refractivity contribution < 1.29 is 17.6 Å². The van der Waals surface area contributed by atoms with Crippen LogP contribution in [0.15, 0.2) is 52.0 Å². The number of methoxy groups -OCH3 is 1. The first-order chi connectivity index (χ1) is 12.0. The van der Waals surface area contributed by atoms with Crippen LogP contribution in [0.5, 0.6) is 5.75 Å². The minimum Gasteiger partial charge on any atom is -0.496 e. The van der Waals surface area contributed by atoms with Gasteiger partial charge in [0, 0.05) is 12.4 Å². The second kappa shape index (κ2) is 6.99. The van der Waals surface area contributed by atoms with E-state index in [1.165, 1.54) is 19.2 Å². The lowest BCUT2D eigenvalue weighted by Crippen LogP contribution is -2.23. The SMILES string of the molecule is COc1ccc(S(=O)(=O)NCc2nnc(-c3cccnc3)o2)cc1C. The third-order valence-corrected chi connectivity index (χ3v) is 4.86. The molecule has 0 bridgehead atoms. The number of benzene rings is 1. The summed E-state index contributed by atoms with van der Waals surface area (Å²) in [5, 5.41) is 7.73. The largest absolute Gasteiger partial charge is 0.496 e. The molecule has 0 amide bonds. The van der Waals surface area contributed by atoms with Crippen LogP contribution in [-0.2, 0) is 16.6 Å². The van der Waals surface area contributed by atoms with Crippen LogP contribution in [0, 0.1) is 6.92 Å². The number of nitrogens with zero attached hydrogens (tertiary/aromatic N) is 3. The summed E-state index contributed by atoms with van der Waals surface area (Å²) in [5.41, 5.74) is 1.39. The Morgan fingerprint density at radius 3 is 2.76 bits per heavy atom. The molecule has 0 saturated carbocycles. The first-order valence-corrected chi connectivity index (χ1v) is 8.85. The zero-order valence-corrected chi connectivity index (χ0v) is 14.4. The van der Waals surface area contributed by atoms with Gasteiger partial charge < -0.3 is 9.15 Å². The molecule has 0 radical (unpaired) electrons. The molecule has 25 heavy (non-hydrogen) atoms. The summed E-state index contributed by atoms with van der Waals surface area (Å²) < 4.78 is 37.8. The summed E-state index contributed by atoms with van der Waals surface area (Å²) >= 11 is 0. The number of aromatic nitrogens is 3. The fourth-order valence-electron chi connectivity index (χ4n) is 2.19. The van der Waals surface area contributed by atoms with Crippen molar-refractivity contribution in [2.45, 2.75) is 18.4 Å². The molecular formula is C16H16N4O4S. The van der Waals surface area contributed by atoms with Crippen molar-refractivity contribution in [3.8, 4) is 17.2 Å². The molecule has 1 N–H and O–H groups in total. The van der Waals surface area contributed by atoms with E-state index in [1.54, 1.807) is 37.5 Å². The smallest absolute Gasteiger partial charge is 0.249 e. The van der Waals surface area contributed by atoms with E-state index in [2.05, 4.69) is 19.9 Å². The number of ether oxygens (including phenoxy) is 1. The Balaban J connectivity index is 1.72. The zero-order chi connectivity index (χ0) is 17.9. The van der Waals surface area contributed by atoms with Crippen molar-refractivity contribution >= 4 is 10.0 Å². The van der Waals surface area contributed by atoms with E-state index in [1.807, 2.05) is 0 Å². The van der Waals surface area contributed by atoms with Crippen LogP contribution in [0.3, 0.4) is 0 Å².